The third kappa shape index (κ3) is 6.27. The third-order valence-corrected chi connectivity index (χ3v) is 3.05. The number of unbranched alkanes of at least 4 members (excludes halogenated alkanes) is 1. The van der Waals surface area contributed by atoms with Crippen molar-refractivity contribution in [2.75, 3.05) is 11.9 Å². The summed E-state index contributed by atoms with van der Waals surface area (Å²) in [6.07, 6.45) is 3.22. The number of rotatable bonds is 8. The molecule has 1 rings (SSSR count). The van der Waals surface area contributed by atoms with Crippen LogP contribution in [0.5, 0.6) is 0 Å². The fourth-order valence-corrected chi connectivity index (χ4v) is 1.85. The van der Waals surface area contributed by atoms with Crippen LogP contribution in [0.1, 0.15) is 31.7 Å². The van der Waals surface area contributed by atoms with Crippen LogP contribution in [0.15, 0.2) is 24.3 Å². The lowest BCUT2D eigenvalue weighted by atomic mass is 10.1. The number of nitrogens with one attached hydrogen (secondary N) is 2. The monoisotopic (exact) mass is 294 g/mol. The molecular formula is C15H22N2O4. The molecule has 1 aromatic carbocycles. The molecule has 0 aliphatic carbocycles. The lowest BCUT2D eigenvalue weighted by molar-refractivity contribution is -0.139. The van der Waals surface area contributed by atoms with Crippen LogP contribution < -0.4 is 10.6 Å². The average molecular weight is 294 g/mol. The summed E-state index contributed by atoms with van der Waals surface area (Å²) in [5.74, 6) is -1.17. The third-order valence-electron chi connectivity index (χ3n) is 3.05. The van der Waals surface area contributed by atoms with E-state index in [1.807, 2.05) is 12.1 Å². The van der Waals surface area contributed by atoms with Crippen LogP contribution in [-0.4, -0.2) is 34.9 Å². The summed E-state index contributed by atoms with van der Waals surface area (Å²) in [6.45, 7) is 1.83. The van der Waals surface area contributed by atoms with E-state index in [2.05, 4.69) is 17.6 Å². The van der Waals surface area contributed by atoms with Crippen molar-refractivity contribution in [3.8, 4) is 0 Å². The maximum Gasteiger partial charge on any atom is 0.326 e. The van der Waals surface area contributed by atoms with Gasteiger partial charge in [-0.15, -0.1) is 0 Å². The fourth-order valence-electron chi connectivity index (χ4n) is 1.85. The van der Waals surface area contributed by atoms with Crippen molar-refractivity contribution in [1.82, 2.24) is 5.32 Å². The number of amides is 2. The quantitative estimate of drug-likeness (QED) is 0.589. The second kappa shape index (κ2) is 8.97. The molecule has 21 heavy (non-hydrogen) atoms. The van der Waals surface area contributed by atoms with E-state index >= 15 is 0 Å². The number of urea groups is 1. The molecule has 0 heterocycles. The molecule has 0 fully saturated rings. The van der Waals surface area contributed by atoms with E-state index in [9.17, 15) is 9.59 Å². The highest BCUT2D eigenvalue weighted by atomic mass is 16.4. The number of carbonyl (C=O) groups is 2. The molecule has 1 atom stereocenters. The Morgan fingerprint density at radius 2 is 1.90 bits per heavy atom. The molecule has 1 aromatic rings. The maximum atomic E-state index is 11.7. The summed E-state index contributed by atoms with van der Waals surface area (Å²) < 4.78 is 0. The molecule has 0 aliphatic rings. The summed E-state index contributed by atoms with van der Waals surface area (Å²) in [5, 5.41) is 22.5. The van der Waals surface area contributed by atoms with E-state index in [0.717, 1.165) is 19.3 Å². The molecule has 0 saturated heterocycles. The summed E-state index contributed by atoms with van der Waals surface area (Å²) in [5.41, 5.74) is 1.80. The van der Waals surface area contributed by atoms with Gasteiger partial charge in [0.25, 0.3) is 0 Å². The van der Waals surface area contributed by atoms with Gasteiger partial charge in [-0.2, -0.15) is 0 Å². The first kappa shape index (κ1) is 17.0. The van der Waals surface area contributed by atoms with Crippen LogP contribution in [0, 0.1) is 0 Å². The Bertz CT molecular complexity index is 459. The normalized spacial score (nSPS) is 11.7. The van der Waals surface area contributed by atoms with Gasteiger partial charge in [-0.05, 0) is 30.5 Å². The fraction of sp³-hybridized carbons (Fsp3) is 0.467. The number of carbonyl (C=O) groups excluding carboxylic acids is 1. The Morgan fingerprint density at radius 3 is 2.43 bits per heavy atom. The van der Waals surface area contributed by atoms with E-state index in [4.69, 9.17) is 10.2 Å². The van der Waals surface area contributed by atoms with E-state index in [0.29, 0.717) is 5.69 Å². The van der Waals surface area contributed by atoms with Crippen molar-refractivity contribution >= 4 is 17.7 Å². The Morgan fingerprint density at radius 1 is 1.24 bits per heavy atom. The standard InChI is InChI=1S/C15H22N2O4/c1-2-3-4-11-5-7-12(8-6-11)16-15(21)17-13(9-10-18)14(19)20/h5-8,13,18H,2-4,9-10H2,1H3,(H,19,20)(H2,16,17,21)/t13-/m0/s1. The zero-order chi connectivity index (χ0) is 15.7. The van der Waals surface area contributed by atoms with Crippen LogP contribution >= 0.6 is 0 Å². The van der Waals surface area contributed by atoms with Crippen molar-refractivity contribution in [1.29, 1.82) is 0 Å². The van der Waals surface area contributed by atoms with Gasteiger partial charge in [0.15, 0.2) is 0 Å². The first-order valence-electron chi connectivity index (χ1n) is 7.07. The van der Waals surface area contributed by atoms with Gasteiger partial charge < -0.3 is 20.8 Å². The van der Waals surface area contributed by atoms with E-state index in [1.54, 1.807) is 12.1 Å². The van der Waals surface area contributed by atoms with Gasteiger partial charge in [0.05, 0.1) is 0 Å². The Hall–Kier alpha value is -2.08. The van der Waals surface area contributed by atoms with Crippen molar-refractivity contribution in [3.05, 3.63) is 29.8 Å². The number of anilines is 1. The zero-order valence-electron chi connectivity index (χ0n) is 12.1. The van der Waals surface area contributed by atoms with Gasteiger partial charge in [0, 0.05) is 18.7 Å². The minimum Gasteiger partial charge on any atom is -0.480 e. The molecule has 0 radical (unpaired) electrons. The van der Waals surface area contributed by atoms with Crippen LogP contribution in [0.3, 0.4) is 0 Å². The highest BCUT2D eigenvalue weighted by Crippen LogP contribution is 2.11. The van der Waals surface area contributed by atoms with Gasteiger partial charge in [0.1, 0.15) is 6.04 Å². The number of hydrogen-bond acceptors (Lipinski definition) is 3. The Balaban J connectivity index is 2.52. The topological polar surface area (TPSA) is 98.7 Å². The van der Waals surface area contributed by atoms with Crippen molar-refractivity contribution in [2.45, 2.75) is 38.6 Å². The Kier molecular flexibility index (Phi) is 7.25. The molecule has 2 amide bonds. The smallest absolute Gasteiger partial charge is 0.326 e. The zero-order valence-corrected chi connectivity index (χ0v) is 12.1. The summed E-state index contributed by atoms with van der Waals surface area (Å²) in [4.78, 5) is 22.6. The van der Waals surface area contributed by atoms with Crippen LogP contribution in [0.4, 0.5) is 10.5 Å². The predicted octanol–water partition coefficient (Wildman–Crippen LogP) is 1.99. The molecule has 0 unspecified atom stereocenters. The van der Waals surface area contributed by atoms with Crippen LogP contribution in [0.25, 0.3) is 0 Å². The summed E-state index contributed by atoms with van der Waals surface area (Å²) in [6, 6.07) is 5.75. The van der Waals surface area contributed by atoms with E-state index in [1.165, 1.54) is 5.56 Å². The van der Waals surface area contributed by atoms with Crippen molar-refractivity contribution in [3.63, 3.8) is 0 Å². The number of carboxylic acids is 1. The maximum absolute atomic E-state index is 11.7. The second-order valence-electron chi connectivity index (χ2n) is 4.80. The molecule has 0 aromatic heterocycles. The largest absolute Gasteiger partial charge is 0.480 e. The summed E-state index contributed by atoms with van der Waals surface area (Å²) >= 11 is 0. The number of aliphatic hydroxyl groups excluding tert-OH is 1. The number of hydrogen-bond donors (Lipinski definition) is 4. The molecule has 6 nitrogen and oxygen atoms in total. The number of aliphatic hydroxyl groups is 1. The van der Waals surface area contributed by atoms with E-state index < -0.39 is 18.0 Å². The minimum atomic E-state index is -1.17. The van der Waals surface area contributed by atoms with Gasteiger partial charge in [-0.3, -0.25) is 0 Å². The Labute approximate surface area is 124 Å². The number of benzene rings is 1. The lowest BCUT2D eigenvalue weighted by Gasteiger charge is -2.14. The predicted molar refractivity (Wildman–Crippen MR) is 80.3 cm³/mol. The molecular weight excluding hydrogens is 272 g/mol. The lowest BCUT2D eigenvalue weighted by Crippen LogP contribution is -2.43. The average Bonchev–Trinajstić information content (AvgIpc) is 2.46. The molecule has 0 bridgehead atoms. The van der Waals surface area contributed by atoms with Crippen LogP contribution in [-0.2, 0) is 11.2 Å². The minimum absolute atomic E-state index is 0.0291. The first-order valence-corrected chi connectivity index (χ1v) is 7.07. The second-order valence-corrected chi connectivity index (χ2v) is 4.80. The molecule has 0 saturated carbocycles. The van der Waals surface area contributed by atoms with Crippen molar-refractivity contribution < 1.29 is 19.8 Å². The number of carboxylic acid groups (broad SMARTS) is 1. The number of aliphatic carboxylic acids is 1. The molecule has 6 heteroatoms. The van der Waals surface area contributed by atoms with Gasteiger partial charge >= 0.3 is 12.0 Å². The highest BCUT2D eigenvalue weighted by molar-refractivity contribution is 5.92. The summed E-state index contributed by atoms with van der Waals surface area (Å²) in [7, 11) is 0. The molecule has 116 valence electrons. The SMILES string of the molecule is CCCCc1ccc(NC(=O)N[C@@H](CCO)C(=O)O)cc1. The van der Waals surface area contributed by atoms with Gasteiger partial charge in [0.2, 0.25) is 0 Å². The molecule has 4 N–H and O–H groups in total. The molecule has 0 spiro atoms. The van der Waals surface area contributed by atoms with Crippen LogP contribution in [0.2, 0.25) is 0 Å². The first-order chi connectivity index (χ1) is 10.1. The van der Waals surface area contributed by atoms with Crippen molar-refractivity contribution in [2.24, 2.45) is 0 Å². The van der Waals surface area contributed by atoms with Gasteiger partial charge in [-0.25, -0.2) is 9.59 Å². The van der Waals surface area contributed by atoms with Gasteiger partial charge in [-0.1, -0.05) is 25.5 Å². The van der Waals surface area contributed by atoms with E-state index in [-0.39, 0.29) is 13.0 Å². The highest BCUT2D eigenvalue weighted by Gasteiger charge is 2.18. The number of aryl methyl sites for hydroxylation is 1. The molecule has 0 aliphatic heterocycles.